The van der Waals surface area contributed by atoms with Crippen LogP contribution in [-0.4, -0.2) is 77.2 Å². The van der Waals surface area contributed by atoms with Crippen LogP contribution in [0.25, 0.3) is 16.5 Å². The number of methoxy groups -OCH3 is 1. The number of ether oxygens (including phenoxy) is 2. The lowest BCUT2D eigenvalue weighted by Crippen LogP contribution is -2.62. The maximum Gasteiger partial charge on any atom is 0.137 e. The van der Waals surface area contributed by atoms with Crippen molar-refractivity contribution in [1.82, 2.24) is 14.9 Å². The summed E-state index contributed by atoms with van der Waals surface area (Å²) in [6, 6.07) is 6.75. The number of benzene rings is 1. The number of nitrogens with one attached hydrogen (secondary N) is 1. The van der Waals surface area contributed by atoms with E-state index in [9.17, 15) is 5.11 Å². The summed E-state index contributed by atoms with van der Waals surface area (Å²) in [5, 5.41) is 16.1. The zero-order chi connectivity index (χ0) is 27.9. The Morgan fingerprint density at radius 1 is 1.20 bits per heavy atom. The lowest BCUT2D eigenvalue weighted by atomic mass is 9.58. The average Bonchev–Trinajstić information content (AvgIpc) is 3.46. The summed E-state index contributed by atoms with van der Waals surface area (Å²) in [6.07, 6.45) is 13.7. The van der Waals surface area contributed by atoms with Gasteiger partial charge in [0.2, 0.25) is 0 Å². The Bertz CT molecular complexity index is 1450. The van der Waals surface area contributed by atoms with E-state index < -0.39 is 11.7 Å². The molecule has 2 spiro atoms. The van der Waals surface area contributed by atoms with E-state index in [1.54, 1.807) is 13.4 Å². The Hall–Kier alpha value is -2.58. The maximum atomic E-state index is 11.5. The standard InChI is InChI=1S/C33H42N4O3/c1-6-15-34-30-22-16-20(7-9-25(22)35-19-36-30)23-8-10-27-31(23,2)12-11-21-17-24-28(38)29(39-5)26(37(3)4)18-32(24)13-14-33(21,27)40-32/h7-9,11,16-17,19,26-29,38H,6,10,12-15,18H2,1-5H3,(H,34,35,36). The summed E-state index contributed by atoms with van der Waals surface area (Å²) in [4.78, 5) is 11.3. The van der Waals surface area contributed by atoms with E-state index in [1.165, 1.54) is 16.7 Å². The number of anilines is 1. The molecule has 1 saturated heterocycles. The van der Waals surface area contributed by atoms with Gasteiger partial charge in [0, 0.05) is 36.4 Å². The normalized spacial score (nSPS) is 37.9. The lowest BCUT2D eigenvalue weighted by molar-refractivity contribution is -0.166. The fraction of sp³-hybridized carbons (Fsp3) is 0.576. The largest absolute Gasteiger partial charge is 0.386 e. The molecule has 0 radical (unpaired) electrons. The van der Waals surface area contributed by atoms with E-state index in [0.29, 0.717) is 5.92 Å². The van der Waals surface area contributed by atoms with E-state index in [0.717, 1.165) is 67.4 Å². The Morgan fingerprint density at radius 3 is 2.83 bits per heavy atom. The first-order valence-electron chi connectivity index (χ1n) is 15.0. The summed E-state index contributed by atoms with van der Waals surface area (Å²) < 4.78 is 13.2. The number of rotatable bonds is 6. The molecule has 40 heavy (non-hydrogen) atoms. The van der Waals surface area contributed by atoms with E-state index in [1.807, 2.05) is 0 Å². The molecule has 7 heteroatoms. The minimum Gasteiger partial charge on any atom is -0.386 e. The first kappa shape index (κ1) is 26.3. The predicted molar refractivity (Wildman–Crippen MR) is 158 cm³/mol. The summed E-state index contributed by atoms with van der Waals surface area (Å²) in [6.45, 7) is 5.49. The smallest absolute Gasteiger partial charge is 0.137 e. The minimum atomic E-state index is -0.663. The fourth-order valence-corrected chi connectivity index (χ4v) is 8.82. The van der Waals surface area contributed by atoms with Crippen LogP contribution in [-0.2, 0) is 9.47 Å². The molecule has 7 atom stereocenters. The van der Waals surface area contributed by atoms with Gasteiger partial charge in [-0.15, -0.1) is 0 Å². The van der Waals surface area contributed by atoms with Crippen LogP contribution >= 0.6 is 0 Å². The van der Waals surface area contributed by atoms with Crippen molar-refractivity contribution in [2.24, 2.45) is 11.3 Å². The van der Waals surface area contributed by atoms with Crippen molar-refractivity contribution in [3.8, 4) is 0 Å². The molecule has 3 aliphatic carbocycles. The lowest BCUT2D eigenvalue weighted by Gasteiger charge is -2.56. The van der Waals surface area contributed by atoms with Crippen LogP contribution in [0.1, 0.15) is 57.9 Å². The summed E-state index contributed by atoms with van der Waals surface area (Å²) in [7, 11) is 5.87. The van der Waals surface area contributed by atoms with Gasteiger partial charge in [-0.1, -0.05) is 38.1 Å². The Labute approximate surface area is 237 Å². The van der Waals surface area contributed by atoms with Crippen molar-refractivity contribution in [2.75, 3.05) is 33.1 Å². The molecule has 2 aliphatic heterocycles. The van der Waals surface area contributed by atoms with Gasteiger partial charge in [-0.05, 0) is 87.0 Å². The van der Waals surface area contributed by atoms with Gasteiger partial charge >= 0.3 is 0 Å². The van der Waals surface area contributed by atoms with Crippen LogP contribution in [0.3, 0.4) is 0 Å². The molecule has 7 nitrogen and oxygen atoms in total. The van der Waals surface area contributed by atoms with Crippen LogP contribution < -0.4 is 5.32 Å². The molecule has 1 saturated carbocycles. The maximum absolute atomic E-state index is 11.5. The molecule has 1 aromatic carbocycles. The number of aliphatic hydroxyl groups is 1. The van der Waals surface area contributed by atoms with E-state index in [2.05, 4.69) is 84.6 Å². The highest BCUT2D eigenvalue weighted by molar-refractivity contribution is 5.92. The quantitative estimate of drug-likeness (QED) is 0.524. The molecular weight excluding hydrogens is 500 g/mol. The third-order valence-corrected chi connectivity index (χ3v) is 10.8. The Morgan fingerprint density at radius 2 is 2.05 bits per heavy atom. The van der Waals surface area contributed by atoms with Gasteiger partial charge in [-0.25, -0.2) is 9.97 Å². The fourth-order valence-electron chi connectivity index (χ4n) is 8.82. The van der Waals surface area contributed by atoms with Crippen molar-refractivity contribution in [3.05, 3.63) is 59.5 Å². The second-order valence-electron chi connectivity index (χ2n) is 13.0. The number of hydrogen-bond acceptors (Lipinski definition) is 7. The molecule has 2 fully saturated rings. The average molecular weight is 543 g/mol. The van der Waals surface area contributed by atoms with E-state index in [-0.39, 0.29) is 23.2 Å². The van der Waals surface area contributed by atoms with Crippen LogP contribution in [0.2, 0.25) is 0 Å². The first-order chi connectivity index (χ1) is 19.3. The van der Waals surface area contributed by atoms with Gasteiger partial charge in [0.05, 0.1) is 16.7 Å². The zero-order valence-electron chi connectivity index (χ0n) is 24.4. The molecule has 2 N–H and O–H groups in total. The zero-order valence-corrected chi connectivity index (χ0v) is 24.4. The molecule has 3 heterocycles. The monoisotopic (exact) mass is 542 g/mol. The molecule has 7 unspecified atom stereocenters. The second kappa shape index (κ2) is 9.21. The van der Waals surface area contributed by atoms with Crippen LogP contribution in [0.15, 0.2) is 53.9 Å². The second-order valence-corrected chi connectivity index (χ2v) is 13.0. The molecule has 1 aromatic heterocycles. The van der Waals surface area contributed by atoms with Crippen molar-refractivity contribution in [2.45, 2.75) is 81.8 Å². The van der Waals surface area contributed by atoms with Gasteiger partial charge in [-0.2, -0.15) is 0 Å². The third kappa shape index (κ3) is 3.50. The van der Waals surface area contributed by atoms with Gasteiger partial charge < -0.3 is 24.8 Å². The highest BCUT2D eigenvalue weighted by Gasteiger charge is 2.67. The molecule has 2 bridgehead atoms. The van der Waals surface area contributed by atoms with Crippen molar-refractivity contribution >= 4 is 22.3 Å². The third-order valence-electron chi connectivity index (χ3n) is 10.8. The van der Waals surface area contributed by atoms with Crippen LogP contribution in [0.5, 0.6) is 0 Å². The summed E-state index contributed by atoms with van der Waals surface area (Å²) >= 11 is 0. The number of allylic oxidation sites excluding steroid dienone is 3. The number of likely N-dealkylation sites (N-methyl/N-ethyl adjacent to an activating group) is 1. The molecular formula is C33H42N4O3. The highest BCUT2D eigenvalue weighted by atomic mass is 16.5. The van der Waals surface area contributed by atoms with Gasteiger partial charge in [0.1, 0.15) is 24.4 Å². The van der Waals surface area contributed by atoms with Crippen molar-refractivity contribution in [3.63, 3.8) is 0 Å². The topological polar surface area (TPSA) is 79.7 Å². The predicted octanol–water partition coefficient (Wildman–Crippen LogP) is 5.13. The van der Waals surface area contributed by atoms with Gasteiger partial charge in [0.25, 0.3) is 0 Å². The molecule has 7 rings (SSSR count). The molecule has 212 valence electrons. The van der Waals surface area contributed by atoms with Gasteiger partial charge in [0.15, 0.2) is 0 Å². The number of fused-ring (bicyclic) bond motifs is 2. The Balaban J connectivity index is 1.27. The first-order valence-corrected chi connectivity index (χ1v) is 15.0. The SMILES string of the molecule is CCCNc1ncnc2ccc(C3=CCC4C3(C)CC=C3C=C5C(O)C(OC)C(N(C)C)CC56CCC34O6)cc12. The van der Waals surface area contributed by atoms with Crippen molar-refractivity contribution in [1.29, 1.82) is 0 Å². The van der Waals surface area contributed by atoms with Crippen LogP contribution in [0, 0.1) is 11.3 Å². The number of aromatic nitrogens is 2. The number of nitrogens with zero attached hydrogens (tertiary/aromatic N) is 3. The summed E-state index contributed by atoms with van der Waals surface area (Å²) in [5.41, 5.74) is 5.13. The van der Waals surface area contributed by atoms with Crippen molar-refractivity contribution < 1.29 is 14.6 Å². The van der Waals surface area contributed by atoms with E-state index in [4.69, 9.17) is 9.47 Å². The minimum absolute atomic E-state index is 0.0377. The molecule has 5 aliphatic rings. The van der Waals surface area contributed by atoms with E-state index >= 15 is 0 Å². The summed E-state index contributed by atoms with van der Waals surface area (Å²) in [5.74, 6) is 1.26. The number of hydrogen-bond donors (Lipinski definition) is 2. The number of aliphatic hydroxyl groups excluding tert-OH is 1. The highest BCUT2D eigenvalue weighted by Crippen LogP contribution is 2.67. The Kier molecular flexibility index (Phi) is 6.06. The van der Waals surface area contributed by atoms with Gasteiger partial charge in [-0.3, -0.25) is 0 Å². The molecule has 0 amide bonds. The van der Waals surface area contributed by atoms with Crippen LogP contribution in [0.4, 0.5) is 5.82 Å². The molecule has 2 aromatic rings.